The summed E-state index contributed by atoms with van der Waals surface area (Å²) in [7, 11) is 0. The standard InChI is InChI=1S/C18H24BrN3O2/c1-12-17(19)13(2)22(21-12)11-15-9-10-16(24-15)18(23)20-14-7-5-3-4-6-8-14/h9-10,14H,3-8,11H2,1-2H3,(H,20,23). The lowest BCUT2D eigenvalue weighted by Gasteiger charge is -2.15. The highest BCUT2D eigenvalue weighted by Gasteiger charge is 2.18. The average Bonchev–Trinajstić information content (AvgIpc) is 3.00. The molecule has 1 N–H and O–H groups in total. The Labute approximate surface area is 150 Å². The minimum Gasteiger partial charge on any atom is -0.454 e. The second-order valence-electron chi connectivity index (χ2n) is 6.57. The van der Waals surface area contributed by atoms with Gasteiger partial charge in [0, 0.05) is 6.04 Å². The Morgan fingerprint density at radius 3 is 2.62 bits per heavy atom. The number of carbonyl (C=O) groups is 1. The fraction of sp³-hybridized carbons (Fsp3) is 0.556. The fourth-order valence-corrected chi connectivity index (χ4v) is 3.53. The van der Waals surface area contributed by atoms with E-state index in [0.29, 0.717) is 12.3 Å². The van der Waals surface area contributed by atoms with Gasteiger partial charge >= 0.3 is 0 Å². The molecule has 5 nitrogen and oxygen atoms in total. The van der Waals surface area contributed by atoms with Crippen LogP contribution in [0.5, 0.6) is 0 Å². The van der Waals surface area contributed by atoms with E-state index in [1.54, 1.807) is 6.07 Å². The minimum absolute atomic E-state index is 0.109. The number of aromatic nitrogens is 2. The number of furan rings is 1. The zero-order chi connectivity index (χ0) is 17.1. The van der Waals surface area contributed by atoms with Gasteiger partial charge in [0.05, 0.1) is 22.4 Å². The van der Waals surface area contributed by atoms with Gasteiger partial charge in [0.25, 0.3) is 5.91 Å². The normalized spacial score (nSPS) is 16.1. The molecule has 0 bridgehead atoms. The van der Waals surface area contributed by atoms with Crippen LogP contribution in [0.2, 0.25) is 0 Å². The number of halogens is 1. The first-order valence-corrected chi connectivity index (χ1v) is 9.43. The van der Waals surface area contributed by atoms with Gasteiger partial charge in [-0.3, -0.25) is 9.48 Å². The highest BCUT2D eigenvalue weighted by Crippen LogP contribution is 2.21. The summed E-state index contributed by atoms with van der Waals surface area (Å²) in [6.45, 7) is 4.49. The molecule has 0 unspecified atom stereocenters. The summed E-state index contributed by atoms with van der Waals surface area (Å²) in [6.07, 6.45) is 7.07. The van der Waals surface area contributed by atoms with Crippen molar-refractivity contribution in [2.24, 2.45) is 0 Å². The molecule has 0 aliphatic heterocycles. The van der Waals surface area contributed by atoms with Gasteiger partial charge in [0.1, 0.15) is 5.76 Å². The third kappa shape index (κ3) is 3.91. The van der Waals surface area contributed by atoms with E-state index >= 15 is 0 Å². The maximum absolute atomic E-state index is 12.4. The summed E-state index contributed by atoms with van der Waals surface area (Å²) in [6, 6.07) is 3.88. The lowest BCUT2D eigenvalue weighted by molar-refractivity contribution is 0.0903. The summed E-state index contributed by atoms with van der Waals surface area (Å²) >= 11 is 3.53. The fourth-order valence-electron chi connectivity index (χ4n) is 3.24. The second kappa shape index (κ2) is 7.55. The molecule has 3 rings (SSSR count). The van der Waals surface area contributed by atoms with Crippen molar-refractivity contribution < 1.29 is 9.21 Å². The van der Waals surface area contributed by atoms with Crippen molar-refractivity contribution in [1.29, 1.82) is 0 Å². The first-order chi connectivity index (χ1) is 11.5. The summed E-state index contributed by atoms with van der Waals surface area (Å²) in [5.74, 6) is 1.01. The van der Waals surface area contributed by atoms with E-state index in [0.717, 1.165) is 34.5 Å². The molecule has 1 aliphatic carbocycles. The van der Waals surface area contributed by atoms with Gasteiger partial charge in [-0.2, -0.15) is 5.10 Å². The Kier molecular flexibility index (Phi) is 5.43. The number of rotatable bonds is 4. The largest absolute Gasteiger partial charge is 0.454 e. The zero-order valence-corrected chi connectivity index (χ0v) is 15.9. The van der Waals surface area contributed by atoms with Crippen LogP contribution in [0.1, 0.15) is 66.2 Å². The Bertz CT molecular complexity index is 712. The third-order valence-electron chi connectivity index (χ3n) is 4.67. The summed E-state index contributed by atoms with van der Waals surface area (Å²) < 4.78 is 8.63. The maximum atomic E-state index is 12.4. The van der Waals surface area contributed by atoms with Crippen molar-refractivity contribution in [1.82, 2.24) is 15.1 Å². The molecule has 0 aromatic carbocycles. The van der Waals surface area contributed by atoms with E-state index in [4.69, 9.17) is 4.42 Å². The van der Waals surface area contributed by atoms with E-state index in [-0.39, 0.29) is 11.9 Å². The van der Waals surface area contributed by atoms with Crippen LogP contribution in [-0.2, 0) is 6.54 Å². The van der Waals surface area contributed by atoms with Crippen LogP contribution < -0.4 is 5.32 Å². The van der Waals surface area contributed by atoms with Gasteiger partial charge in [-0.25, -0.2) is 0 Å². The molecule has 6 heteroatoms. The molecule has 1 aliphatic rings. The molecule has 1 fully saturated rings. The van der Waals surface area contributed by atoms with Gasteiger partial charge in [-0.05, 0) is 54.8 Å². The van der Waals surface area contributed by atoms with Gasteiger partial charge in [-0.1, -0.05) is 25.7 Å². The molecule has 130 valence electrons. The molecule has 0 radical (unpaired) electrons. The lowest BCUT2D eigenvalue weighted by Crippen LogP contribution is -2.34. The monoisotopic (exact) mass is 393 g/mol. The minimum atomic E-state index is -0.109. The SMILES string of the molecule is Cc1nn(Cc2ccc(C(=O)NC3CCCCCC3)o2)c(C)c1Br. The Morgan fingerprint density at radius 2 is 2.00 bits per heavy atom. The number of aryl methyl sites for hydroxylation is 1. The summed E-state index contributed by atoms with van der Waals surface area (Å²) in [4.78, 5) is 12.4. The number of carbonyl (C=O) groups excluding carboxylic acids is 1. The highest BCUT2D eigenvalue weighted by molar-refractivity contribution is 9.10. The predicted molar refractivity (Wildman–Crippen MR) is 96.2 cm³/mol. The van der Waals surface area contributed by atoms with Gasteiger partial charge in [0.15, 0.2) is 5.76 Å². The van der Waals surface area contributed by atoms with Crippen LogP contribution in [0.15, 0.2) is 21.0 Å². The van der Waals surface area contributed by atoms with Crippen LogP contribution >= 0.6 is 15.9 Å². The third-order valence-corrected chi connectivity index (χ3v) is 5.82. The van der Waals surface area contributed by atoms with Crippen molar-refractivity contribution in [2.45, 2.75) is 65.0 Å². The van der Waals surface area contributed by atoms with Crippen molar-refractivity contribution in [3.63, 3.8) is 0 Å². The average molecular weight is 394 g/mol. The zero-order valence-electron chi connectivity index (χ0n) is 14.3. The molecule has 2 heterocycles. The van der Waals surface area contributed by atoms with Crippen LogP contribution in [0, 0.1) is 13.8 Å². The van der Waals surface area contributed by atoms with Crippen molar-refractivity contribution >= 4 is 21.8 Å². The molecule has 0 spiro atoms. The Morgan fingerprint density at radius 1 is 1.29 bits per heavy atom. The van der Waals surface area contributed by atoms with Gasteiger partial charge in [0.2, 0.25) is 0 Å². The Hall–Kier alpha value is -1.56. The highest BCUT2D eigenvalue weighted by atomic mass is 79.9. The number of hydrogen-bond acceptors (Lipinski definition) is 3. The molecule has 0 saturated heterocycles. The van der Waals surface area contributed by atoms with E-state index in [1.165, 1.54) is 25.7 Å². The molecular formula is C18H24BrN3O2. The number of nitrogens with one attached hydrogen (secondary N) is 1. The molecule has 24 heavy (non-hydrogen) atoms. The van der Waals surface area contributed by atoms with Crippen LogP contribution in [0.4, 0.5) is 0 Å². The van der Waals surface area contributed by atoms with Crippen LogP contribution in [0.25, 0.3) is 0 Å². The predicted octanol–water partition coefficient (Wildman–Crippen LogP) is 4.36. The van der Waals surface area contributed by atoms with E-state index < -0.39 is 0 Å². The Balaban J connectivity index is 1.64. The van der Waals surface area contributed by atoms with E-state index in [1.807, 2.05) is 24.6 Å². The summed E-state index contributed by atoms with van der Waals surface area (Å²) in [5, 5.41) is 7.59. The van der Waals surface area contributed by atoms with Crippen molar-refractivity contribution in [3.05, 3.63) is 39.5 Å². The van der Waals surface area contributed by atoms with E-state index in [9.17, 15) is 4.79 Å². The molecule has 1 amide bonds. The summed E-state index contributed by atoms with van der Waals surface area (Å²) in [5.41, 5.74) is 2.00. The maximum Gasteiger partial charge on any atom is 0.287 e. The van der Waals surface area contributed by atoms with Crippen molar-refractivity contribution in [2.75, 3.05) is 0 Å². The topological polar surface area (TPSA) is 60.1 Å². The van der Waals surface area contributed by atoms with Gasteiger partial charge < -0.3 is 9.73 Å². The molecule has 0 atom stereocenters. The molecule has 1 saturated carbocycles. The lowest BCUT2D eigenvalue weighted by atomic mass is 10.1. The second-order valence-corrected chi connectivity index (χ2v) is 7.36. The molecule has 2 aromatic rings. The van der Waals surface area contributed by atoms with Crippen molar-refractivity contribution in [3.8, 4) is 0 Å². The number of amides is 1. The van der Waals surface area contributed by atoms with Crippen LogP contribution in [-0.4, -0.2) is 21.7 Å². The van der Waals surface area contributed by atoms with E-state index in [2.05, 4.69) is 26.3 Å². The number of nitrogens with zero attached hydrogens (tertiary/aromatic N) is 2. The van der Waals surface area contributed by atoms with Gasteiger partial charge in [-0.15, -0.1) is 0 Å². The number of hydrogen-bond donors (Lipinski definition) is 1. The molecule has 2 aromatic heterocycles. The molecular weight excluding hydrogens is 370 g/mol. The first kappa shape index (κ1) is 17.3. The smallest absolute Gasteiger partial charge is 0.287 e. The first-order valence-electron chi connectivity index (χ1n) is 8.63. The quantitative estimate of drug-likeness (QED) is 0.784. The van der Waals surface area contributed by atoms with Crippen LogP contribution in [0.3, 0.4) is 0 Å².